The summed E-state index contributed by atoms with van der Waals surface area (Å²) in [5.74, 6) is 5.07. The summed E-state index contributed by atoms with van der Waals surface area (Å²) in [5.41, 5.74) is 5.59. The number of rotatable bonds is 4. The van der Waals surface area contributed by atoms with Crippen LogP contribution in [0, 0.1) is 17.7 Å². The molecule has 0 saturated heterocycles. The van der Waals surface area contributed by atoms with Gasteiger partial charge < -0.3 is 10.5 Å². The second kappa shape index (κ2) is 6.38. The molecule has 0 radical (unpaired) electrons. The zero-order valence-electron chi connectivity index (χ0n) is 9.94. The van der Waals surface area contributed by atoms with Gasteiger partial charge in [-0.2, -0.15) is 0 Å². The first-order valence-electron chi connectivity index (χ1n) is 5.21. The van der Waals surface area contributed by atoms with Gasteiger partial charge in [-0.05, 0) is 18.2 Å². The van der Waals surface area contributed by atoms with Gasteiger partial charge in [0.1, 0.15) is 18.2 Å². The SMILES string of the molecule is CS(=O)(=O)CCOc1ccc(F)cc1C#CCN. The van der Waals surface area contributed by atoms with Crippen LogP contribution in [0.1, 0.15) is 5.56 Å². The van der Waals surface area contributed by atoms with E-state index < -0.39 is 15.7 Å². The van der Waals surface area contributed by atoms with E-state index in [-0.39, 0.29) is 18.9 Å². The number of nitrogens with two attached hydrogens (primary N) is 1. The predicted molar refractivity (Wildman–Crippen MR) is 67.5 cm³/mol. The van der Waals surface area contributed by atoms with Crippen molar-refractivity contribution < 1.29 is 17.5 Å². The molecule has 1 aromatic carbocycles. The normalized spacial score (nSPS) is 10.6. The van der Waals surface area contributed by atoms with Gasteiger partial charge in [-0.15, -0.1) is 0 Å². The van der Waals surface area contributed by atoms with E-state index in [4.69, 9.17) is 10.5 Å². The van der Waals surface area contributed by atoms with Gasteiger partial charge in [0, 0.05) is 6.26 Å². The smallest absolute Gasteiger partial charge is 0.150 e. The van der Waals surface area contributed by atoms with Crippen molar-refractivity contribution in [2.45, 2.75) is 0 Å². The molecule has 0 aliphatic heterocycles. The third kappa shape index (κ3) is 5.17. The maximum atomic E-state index is 13.0. The van der Waals surface area contributed by atoms with E-state index in [9.17, 15) is 12.8 Å². The maximum Gasteiger partial charge on any atom is 0.150 e. The number of sulfone groups is 1. The molecule has 0 aliphatic carbocycles. The molecular formula is C12H14FNO3S. The molecule has 0 aromatic heterocycles. The van der Waals surface area contributed by atoms with Crippen molar-refractivity contribution in [3.63, 3.8) is 0 Å². The second-order valence-corrected chi connectivity index (χ2v) is 5.88. The van der Waals surface area contributed by atoms with Crippen molar-refractivity contribution >= 4 is 9.84 Å². The van der Waals surface area contributed by atoms with E-state index in [1.807, 2.05) is 0 Å². The monoisotopic (exact) mass is 271 g/mol. The predicted octanol–water partition coefficient (Wildman–Crippen LogP) is 0.559. The van der Waals surface area contributed by atoms with Gasteiger partial charge in [-0.1, -0.05) is 11.8 Å². The lowest BCUT2D eigenvalue weighted by Crippen LogP contribution is -2.12. The minimum absolute atomic E-state index is 0.00176. The van der Waals surface area contributed by atoms with Crippen LogP contribution in [-0.4, -0.2) is 33.6 Å². The van der Waals surface area contributed by atoms with E-state index >= 15 is 0 Å². The summed E-state index contributed by atoms with van der Waals surface area (Å²) in [6.45, 7) is 0.154. The Morgan fingerprint density at radius 2 is 2.17 bits per heavy atom. The standard InChI is InChI=1S/C12H14FNO3S/c1-18(15,16)8-7-17-12-5-4-11(13)9-10(12)3-2-6-14/h4-5,9H,6-8,14H2,1H3. The highest BCUT2D eigenvalue weighted by Crippen LogP contribution is 2.18. The molecule has 4 nitrogen and oxygen atoms in total. The molecule has 0 aliphatic rings. The topological polar surface area (TPSA) is 69.4 Å². The average molecular weight is 271 g/mol. The molecule has 18 heavy (non-hydrogen) atoms. The van der Waals surface area contributed by atoms with Crippen LogP contribution in [0.3, 0.4) is 0 Å². The van der Waals surface area contributed by atoms with Crippen LogP contribution < -0.4 is 10.5 Å². The molecule has 0 saturated carbocycles. The Kier molecular flexibility index (Phi) is 5.13. The fraction of sp³-hybridized carbons (Fsp3) is 0.333. The molecule has 0 spiro atoms. The van der Waals surface area contributed by atoms with Gasteiger partial charge in [0.05, 0.1) is 17.9 Å². The highest BCUT2D eigenvalue weighted by Gasteiger charge is 2.06. The zero-order chi connectivity index (χ0) is 13.6. The van der Waals surface area contributed by atoms with Gasteiger partial charge in [0.2, 0.25) is 0 Å². The molecule has 2 N–H and O–H groups in total. The number of ether oxygens (including phenoxy) is 1. The highest BCUT2D eigenvalue weighted by molar-refractivity contribution is 7.90. The molecule has 1 aromatic rings. The number of halogens is 1. The van der Waals surface area contributed by atoms with Crippen LogP contribution in [0.25, 0.3) is 0 Å². The van der Waals surface area contributed by atoms with Crippen LogP contribution in [0.2, 0.25) is 0 Å². The molecule has 1 rings (SSSR count). The van der Waals surface area contributed by atoms with Crippen molar-refractivity contribution in [1.29, 1.82) is 0 Å². The van der Waals surface area contributed by atoms with Crippen molar-refractivity contribution in [1.82, 2.24) is 0 Å². The van der Waals surface area contributed by atoms with E-state index in [1.54, 1.807) is 0 Å². The minimum Gasteiger partial charge on any atom is -0.491 e. The van der Waals surface area contributed by atoms with Gasteiger partial charge >= 0.3 is 0 Å². The minimum atomic E-state index is -3.09. The van der Waals surface area contributed by atoms with Crippen LogP contribution in [0.4, 0.5) is 4.39 Å². The van der Waals surface area contributed by atoms with Crippen molar-refractivity contribution in [3.05, 3.63) is 29.6 Å². The Hall–Kier alpha value is -1.58. The molecule has 0 fully saturated rings. The third-order valence-electron chi connectivity index (χ3n) is 1.98. The summed E-state index contributed by atoms with van der Waals surface area (Å²) < 4.78 is 40.2. The van der Waals surface area contributed by atoms with Gasteiger partial charge in [0.15, 0.2) is 9.84 Å². The van der Waals surface area contributed by atoms with Crippen molar-refractivity contribution in [2.75, 3.05) is 25.2 Å². The summed E-state index contributed by atoms with van der Waals surface area (Å²) >= 11 is 0. The Morgan fingerprint density at radius 3 is 2.78 bits per heavy atom. The molecule has 0 amide bonds. The van der Waals surface area contributed by atoms with Gasteiger partial charge in [-0.3, -0.25) is 0 Å². The largest absolute Gasteiger partial charge is 0.491 e. The summed E-state index contributed by atoms with van der Waals surface area (Å²) in [5, 5.41) is 0. The summed E-state index contributed by atoms with van der Waals surface area (Å²) in [6.07, 6.45) is 1.12. The molecule has 0 heterocycles. The Morgan fingerprint density at radius 1 is 1.44 bits per heavy atom. The van der Waals surface area contributed by atoms with Crippen molar-refractivity contribution in [2.24, 2.45) is 5.73 Å². The Labute approximate surface area is 106 Å². The van der Waals surface area contributed by atoms with E-state index in [0.29, 0.717) is 11.3 Å². The van der Waals surface area contributed by atoms with E-state index in [2.05, 4.69) is 11.8 Å². The average Bonchev–Trinajstić information content (AvgIpc) is 2.27. The lowest BCUT2D eigenvalue weighted by Gasteiger charge is -2.07. The van der Waals surface area contributed by atoms with Gasteiger partial charge in [0.25, 0.3) is 0 Å². The quantitative estimate of drug-likeness (QED) is 0.812. The lowest BCUT2D eigenvalue weighted by molar-refractivity contribution is 0.339. The maximum absolute atomic E-state index is 13.0. The molecule has 0 unspecified atom stereocenters. The summed E-state index contributed by atoms with van der Waals surface area (Å²) in [7, 11) is -3.09. The molecular weight excluding hydrogens is 257 g/mol. The molecule has 0 bridgehead atoms. The second-order valence-electron chi connectivity index (χ2n) is 3.62. The molecule has 98 valence electrons. The first-order valence-corrected chi connectivity index (χ1v) is 7.27. The van der Waals surface area contributed by atoms with Crippen molar-refractivity contribution in [3.8, 4) is 17.6 Å². The third-order valence-corrected chi connectivity index (χ3v) is 2.89. The first kappa shape index (κ1) is 14.5. The summed E-state index contributed by atoms with van der Waals surface area (Å²) in [4.78, 5) is 0. The van der Waals surface area contributed by atoms with E-state index in [0.717, 1.165) is 6.26 Å². The Bertz CT molecular complexity index is 573. The molecule has 6 heteroatoms. The first-order chi connectivity index (χ1) is 8.42. The number of benzene rings is 1. The van der Waals surface area contributed by atoms with Gasteiger partial charge in [-0.25, -0.2) is 12.8 Å². The highest BCUT2D eigenvalue weighted by atomic mass is 32.2. The number of hydrogen-bond donors (Lipinski definition) is 1. The fourth-order valence-electron chi connectivity index (χ4n) is 1.18. The molecule has 0 atom stereocenters. The fourth-order valence-corrected chi connectivity index (χ4v) is 1.56. The number of hydrogen-bond acceptors (Lipinski definition) is 4. The lowest BCUT2D eigenvalue weighted by atomic mass is 10.2. The van der Waals surface area contributed by atoms with Crippen LogP contribution in [0.5, 0.6) is 5.75 Å². The Balaban J connectivity index is 2.81. The van der Waals surface area contributed by atoms with Crippen LogP contribution >= 0.6 is 0 Å². The summed E-state index contributed by atoms with van der Waals surface area (Å²) in [6, 6.07) is 3.86. The van der Waals surface area contributed by atoms with Crippen LogP contribution in [-0.2, 0) is 9.84 Å². The zero-order valence-corrected chi connectivity index (χ0v) is 10.8. The van der Waals surface area contributed by atoms with Crippen LogP contribution in [0.15, 0.2) is 18.2 Å². The van der Waals surface area contributed by atoms with E-state index in [1.165, 1.54) is 18.2 Å².